The quantitative estimate of drug-likeness (QED) is 0.215. The van der Waals surface area contributed by atoms with Gasteiger partial charge in [0.25, 0.3) is 5.82 Å². The van der Waals surface area contributed by atoms with Crippen molar-refractivity contribution in [3.8, 4) is 17.1 Å². The molecule has 0 amide bonds. The van der Waals surface area contributed by atoms with Gasteiger partial charge in [-0.15, -0.1) is 0 Å². The van der Waals surface area contributed by atoms with Gasteiger partial charge in [-0.05, 0) is 60.7 Å². The van der Waals surface area contributed by atoms with E-state index in [1.807, 2.05) is 12.3 Å². The largest absolute Gasteiger partial charge is 0.454 e. The number of hydrogen-bond acceptors (Lipinski definition) is 2. The minimum absolute atomic E-state index is 0.370. The highest BCUT2D eigenvalue weighted by Gasteiger charge is 2.33. The van der Waals surface area contributed by atoms with Crippen molar-refractivity contribution < 1.29 is 8.98 Å². The van der Waals surface area contributed by atoms with Crippen molar-refractivity contribution in [3.63, 3.8) is 0 Å². The molecule has 0 N–H and O–H groups in total. The molecule has 0 saturated carbocycles. The molecule has 0 aliphatic heterocycles. The highest BCUT2D eigenvalue weighted by molar-refractivity contribution is 6.16. The van der Waals surface area contributed by atoms with Gasteiger partial charge in [-0.25, -0.2) is 4.57 Å². The van der Waals surface area contributed by atoms with E-state index < -0.39 is 0 Å². The number of pyridine rings is 1. The summed E-state index contributed by atoms with van der Waals surface area (Å²) in [7, 11) is 2.18. The molecule has 0 spiro atoms. The number of hydrogen-bond donors (Lipinski definition) is 0. The summed E-state index contributed by atoms with van der Waals surface area (Å²) < 4.78 is 11.7. The first-order valence-corrected chi connectivity index (χ1v) is 14.2. The van der Waals surface area contributed by atoms with Crippen LogP contribution in [0.15, 0.2) is 89.5 Å². The van der Waals surface area contributed by atoms with Crippen LogP contribution in [0.4, 0.5) is 0 Å². The molecule has 0 aliphatic carbocycles. The van der Waals surface area contributed by atoms with Gasteiger partial charge in [0.2, 0.25) is 0 Å². The topological polar surface area (TPSA) is 34.8 Å². The zero-order valence-electron chi connectivity index (χ0n) is 24.0. The number of para-hydroxylation sites is 3. The highest BCUT2D eigenvalue weighted by Crippen LogP contribution is 2.42. The maximum Gasteiger partial charge on any atom is 0.299 e. The first-order chi connectivity index (χ1) is 19.4. The van der Waals surface area contributed by atoms with Crippen molar-refractivity contribution in [1.82, 2.24) is 9.55 Å². The molecule has 4 nitrogen and oxygen atoms in total. The minimum atomic E-state index is 0.370. The molecule has 0 bridgehead atoms. The Morgan fingerprint density at radius 1 is 0.725 bits per heavy atom. The average molecular weight is 525 g/mol. The fourth-order valence-corrected chi connectivity index (χ4v) is 6.42. The molecule has 7 rings (SSSR count). The van der Waals surface area contributed by atoms with E-state index in [0.717, 1.165) is 44.2 Å². The molecular formula is C36H34N3O+. The van der Waals surface area contributed by atoms with Crippen LogP contribution in [-0.2, 0) is 7.05 Å². The molecule has 0 saturated heterocycles. The Morgan fingerprint density at radius 3 is 2.17 bits per heavy atom. The standard InChI is InChI=1S/C36H34N3O/c1-21(2)24-11-9-12-25(22(3)4)33(24)39-31-15-8-7-14-30(31)38(6)36(39)32-23(5)16-17-27-26-18-19-29-28(13-10-20-37-29)34(26)40-35(27)32/h7-22H,1-6H3/q+1. The summed E-state index contributed by atoms with van der Waals surface area (Å²) in [5.41, 5.74) is 11.4. The molecule has 4 heteroatoms. The molecule has 40 heavy (non-hydrogen) atoms. The molecule has 4 aromatic carbocycles. The minimum Gasteiger partial charge on any atom is -0.454 e. The van der Waals surface area contributed by atoms with Crippen LogP contribution in [0.1, 0.15) is 56.2 Å². The predicted molar refractivity (Wildman–Crippen MR) is 165 cm³/mol. The van der Waals surface area contributed by atoms with E-state index in [-0.39, 0.29) is 0 Å². The number of rotatable bonds is 4. The van der Waals surface area contributed by atoms with E-state index in [0.29, 0.717) is 11.8 Å². The van der Waals surface area contributed by atoms with E-state index >= 15 is 0 Å². The summed E-state index contributed by atoms with van der Waals surface area (Å²) in [5.74, 6) is 1.87. The summed E-state index contributed by atoms with van der Waals surface area (Å²) in [5, 5.41) is 3.28. The fourth-order valence-electron chi connectivity index (χ4n) is 6.42. The lowest BCUT2D eigenvalue weighted by molar-refractivity contribution is -0.633. The van der Waals surface area contributed by atoms with Crippen LogP contribution in [0.25, 0.3) is 61.0 Å². The van der Waals surface area contributed by atoms with Crippen LogP contribution in [0.3, 0.4) is 0 Å². The number of benzene rings is 4. The Bertz CT molecular complexity index is 2070. The van der Waals surface area contributed by atoms with Crippen LogP contribution < -0.4 is 4.57 Å². The number of fused-ring (bicyclic) bond motifs is 6. The Labute approximate surface area is 234 Å². The number of aryl methyl sites for hydroxylation is 2. The van der Waals surface area contributed by atoms with E-state index in [1.165, 1.54) is 33.4 Å². The van der Waals surface area contributed by atoms with Crippen LogP contribution >= 0.6 is 0 Å². The SMILES string of the molecule is Cc1ccc2c(oc3c4cccnc4ccc23)c1-c1n(-c2c(C(C)C)cccc2C(C)C)c2ccccc2[n+]1C. The van der Waals surface area contributed by atoms with Crippen LogP contribution in [0, 0.1) is 6.92 Å². The van der Waals surface area contributed by atoms with E-state index in [9.17, 15) is 0 Å². The monoisotopic (exact) mass is 524 g/mol. The third-order valence-electron chi connectivity index (χ3n) is 8.40. The number of furan rings is 1. The van der Waals surface area contributed by atoms with Crippen molar-refractivity contribution in [2.24, 2.45) is 7.05 Å². The lowest BCUT2D eigenvalue weighted by atomic mass is 9.92. The molecule has 3 aromatic heterocycles. The van der Waals surface area contributed by atoms with Gasteiger partial charge in [-0.2, -0.15) is 4.57 Å². The summed E-state index contributed by atoms with van der Waals surface area (Å²) in [6.07, 6.45) is 1.84. The van der Waals surface area contributed by atoms with Gasteiger partial charge in [0.1, 0.15) is 16.8 Å². The first kappa shape index (κ1) is 24.6. The molecule has 7 aromatic rings. The van der Waals surface area contributed by atoms with Crippen LogP contribution in [-0.4, -0.2) is 9.55 Å². The molecule has 3 heterocycles. The maximum absolute atomic E-state index is 6.86. The predicted octanol–water partition coefficient (Wildman–Crippen LogP) is 9.12. The summed E-state index contributed by atoms with van der Waals surface area (Å²) >= 11 is 0. The summed E-state index contributed by atoms with van der Waals surface area (Å²) in [6.45, 7) is 11.4. The van der Waals surface area contributed by atoms with Gasteiger partial charge in [-0.3, -0.25) is 4.98 Å². The smallest absolute Gasteiger partial charge is 0.299 e. The van der Waals surface area contributed by atoms with Crippen molar-refractivity contribution in [1.29, 1.82) is 0 Å². The van der Waals surface area contributed by atoms with Crippen molar-refractivity contribution in [2.45, 2.75) is 46.5 Å². The number of aromatic nitrogens is 3. The summed E-state index contributed by atoms with van der Waals surface area (Å²) in [6, 6.07) is 28.3. The van der Waals surface area contributed by atoms with Gasteiger partial charge in [-0.1, -0.05) is 70.2 Å². The number of nitrogens with zero attached hydrogens (tertiary/aromatic N) is 3. The maximum atomic E-state index is 6.86. The van der Waals surface area contributed by atoms with Crippen LogP contribution in [0.2, 0.25) is 0 Å². The third-order valence-corrected chi connectivity index (χ3v) is 8.40. The van der Waals surface area contributed by atoms with E-state index in [1.54, 1.807) is 0 Å². The Balaban J connectivity index is 1.68. The Kier molecular flexibility index (Phi) is 5.57. The van der Waals surface area contributed by atoms with Crippen molar-refractivity contribution in [3.05, 3.63) is 102 Å². The molecule has 0 radical (unpaired) electrons. The van der Waals surface area contributed by atoms with Gasteiger partial charge < -0.3 is 4.42 Å². The molecule has 0 atom stereocenters. The molecular weight excluding hydrogens is 490 g/mol. The third kappa shape index (κ3) is 3.45. The fraction of sp³-hybridized carbons (Fsp3) is 0.222. The Morgan fingerprint density at radius 2 is 1.43 bits per heavy atom. The molecule has 0 fully saturated rings. The molecule has 198 valence electrons. The summed E-state index contributed by atoms with van der Waals surface area (Å²) in [4.78, 5) is 4.58. The highest BCUT2D eigenvalue weighted by atomic mass is 16.3. The normalized spacial score (nSPS) is 12.2. The van der Waals surface area contributed by atoms with E-state index in [4.69, 9.17) is 4.42 Å². The van der Waals surface area contributed by atoms with Crippen molar-refractivity contribution in [2.75, 3.05) is 0 Å². The lowest BCUT2D eigenvalue weighted by Crippen LogP contribution is -2.30. The van der Waals surface area contributed by atoms with Crippen molar-refractivity contribution >= 4 is 43.9 Å². The lowest BCUT2D eigenvalue weighted by Gasteiger charge is -2.18. The molecule has 0 unspecified atom stereocenters. The second kappa shape index (κ2) is 9.06. The van der Waals surface area contributed by atoms with Gasteiger partial charge >= 0.3 is 0 Å². The molecule has 0 aliphatic rings. The second-order valence-electron chi connectivity index (χ2n) is 11.5. The first-order valence-electron chi connectivity index (χ1n) is 14.2. The zero-order chi connectivity index (χ0) is 27.7. The van der Waals surface area contributed by atoms with Gasteiger partial charge in [0, 0.05) is 33.5 Å². The van der Waals surface area contributed by atoms with Gasteiger partial charge in [0.05, 0.1) is 12.6 Å². The number of imidazole rings is 1. The van der Waals surface area contributed by atoms with Gasteiger partial charge in [0.15, 0.2) is 16.6 Å². The second-order valence-corrected chi connectivity index (χ2v) is 11.5. The average Bonchev–Trinajstić information content (AvgIpc) is 3.48. The Hall–Kier alpha value is -4.44. The zero-order valence-corrected chi connectivity index (χ0v) is 24.0. The van der Waals surface area contributed by atoms with E-state index in [2.05, 4.69) is 129 Å². The van der Waals surface area contributed by atoms with Crippen LogP contribution in [0.5, 0.6) is 0 Å².